The van der Waals surface area contributed by atoms with Gasteiger partial charge in [0.25, 0.3) is 0 Å². The van der Waals surface area contributed by atoms with Gasteiger partial charge in [-0.1, -0.05) is 18.2 Å². The van der Waals surface area contributed by atoms with E-state index >= 15 is 0 Å². The molecule has 0 aliphatic rings. The van der Waals surface area contributed by atoms with Crippen LogP contribution in [0.2, 0.25) is 0 Å². The van der Waals surface area contributed by atoms with Crippen LogP contribution < -0.4 is 16.6 Å². The van der Waals surface area contributed by atoms with E-state index in [4.69, 9.17) is 10.3 Å². The van der Waals surface area contributed by atoms with E-state index in [1.54, 1.807) is 17.4 Å². The first-order chi connectivity index (χ1) is 10.8. The molecule has 0 fully saturated rings. The fourth-order valence-electron chi connectivity index (χ4n) is 2.14. The molecule has 0 aliphatic heterocycles. The summed E-state index contributed by atoms with van der Waals surface area (Å²) in [5.41, 5.74) is 4.85. The predicted molar refractivity (Wildman–Crippen MR) is 87.4 cm³/mol. The summed E-state index contributed by atoms with van der Waals surface area (Å²) in [6.45, 7) is 0.727. The Bertz CT molecular complexity index is 765. The Kier molecular flexibility index (Phi) is 4.22. The van der Waals surface area contributed by atoms with Crippen LogP contribution >= 0.6 is 11.3 Å². The van der Waals surface area contributed by atoms with Crippen molar-refractivity contribution in [2.75, 3.05) is 5.32 Å². The molecule has 0 radical (unpaired) electrons. The van der Waals surface area contributed by atoms with Crippen LogP contribution in [0.5, 0.6) is 0 Å². The Morgan fingerprint density at radius 1 is 1.23 bits per heavy atom. The van der Waals surface area contributed by atoms with Crippen LogP contribution in [0.15, 0.2) is 58.5 Å². The average molecular weight is 313 g/mol. The second kappa shape index (κ2) is 6.46. The Balaban J connectivity index is 1.74. The summed E-state index contributed by atoms with van der Waals surface area (Å²) in [5.74, 6) is 4.95. The summed E-state index contributed by atoms with van der Waals surface area (Å²) in [6.07, 6.45) is 1.49. The minimum atomic E-state index is -0.435. The maximum Gasteiger partial charge on any atom is 0.301 e. The lowest BCUT2D eigenvalue weighted by Gasteiger charge is -2.03. The van der Waals surface area contributed by atoms with Crippen LogP contribution in [0, 0.1) is 0 Å². The van der Waals surface area contributed by atoms with E-state index in [1.165, 1.54) is 11.1 Å². The number of carbonyl (C=O) groups is 1. The van der Waals surface area contributed by atoms with Gasteiger partial charge >= 0.3 is 5.91 Å². The van der Waals surface area contributed by atoms with Gasteiger partial charge in [0.05, 0.1) is 6.26 Å². The molecule has 22 heavy (non-hydrogen) atoms. The standard InChI is InChI=1S/C16H15N3O2S/c17-19-16(20)15-14(6-7-21-15)11-8-13(22-10-11)9-18-12-4-2-1-3-5-12/h1-8,10,18H,9,17H2,(H,19,20). The highest BCUT2D eigenvalue weighted by Crippen LogP contribution is 2.29. The highest BCUT2D eigenvalue weighted by atomic mass is 32.1. The van der Waals surface area contributed by atoms with Crippen molar-refractivity contribution in [3.05, 3.63) is 64.7 Å². The number of nitrogen functional groups attached to an aromatic ring is 1. The van der Waals surface area contributed by atoms with Gasteiger partial charge in [-0.2, -0.15) is 0 Å². The van der Waals surface area contributed by atoms with Crippen molar-refractivity contribution in [1.29, 1.82) is 0 Å². The monoisotopic (exact) mass is 313 g/mol. The van der Waals surface area contributed by atoms with Crippen LogP contribution in [-0.2, 0) is 6.54 Å². The average Bonchev–Trinajstić information content (AvgIpc) is 3.22. The lowest BCUT2D eigenvalue weighted by atomic mass is 10.1. The molecular formula is C16H15N3O2S. The van der Waals surface area contributed by atoms with Crippen molar-refractivity contribution in [2.24, 2.45) is 5.84 Å². The molecule has 0 aliphatic carbocycles. The molecule has 1 aromatic carbocycles. The van der Waals surface area contributed by atoms with Crippen LogP contribution in [0.25, 0.3) is 11.1 Å². The quantitative estimate of drug-likeness (QED) is 0.384. The summed E-state index contributed by atoms with van der Waals surface area (Å²) >= 11 is 1.63. The highest BCUT2D eigenvalue weighted by Gasteiger charge is 2.16. The summed E-state index contributed by atoms with van der Waals surface area (Å²) in [5, 5.41) is 5.36. The molecule has 0 saturated carbocycles. The van der Waals surface area contributed by atoms with Crippen LogP contribution in [-0.4, -0.2) is 5.91 Å². The van der Waals surface area contributed by atoms with Crippen LogP contribution in [0.4, 0.5) is 5.69 Å². The first-order valence-corrected chi connectivity index (χ1v) is 7.61. The largest absolute Gasteiger partial charge is 0.458 e. The highest BCUT2D eigenvalue weighted by molar-refractivity contribution is 7.10. The zero-order valence-electron chi connectivity index (χ0n) is 11.7. The van der Waals surface area contributed by atoms with E-state index in [1.807, 2.05) is 41.8 Å². The number of nitrogens with one attached hydrogen (secondary N) is 2. The smallest absolute Gasteiger partial charge is 0.301 e. The third kappa shape index (κ3) is 3.03. The fraction of sp³-hybridized carbons (Fsp3) is 0.0625. The van der Waals surface area contributed by atoms with Gasteiger partial charge in [0.2, 0.25) is 0 Å². The summed E-state index contributed by atoms with van der Waals surface area (Å²) in [7, 11) is 0. The Morgan fingerprint density at radius 2 is 2.05 bits per heavy atom. The van der Waals surface area contributed by atoms with Crippen molar-refractivity contribution in [3.63, 3.8) is 0 Å². The van der Waals surface area contributed by atoms with E-state index < -0.39 is 5.91 Å². The fourth-order valence-corrected chi connectivity index (χ4v) is 2.96. The number of hydrogen-bond acceptors (Lipinski definition) is 5. The summed E-state index contributed by atoms with van der Waals surface area (Å²) in [4.78, 5) is 12.8. The van der Waals surface area contributed by atoms with Crippen molar-refractivity contribution in [1.82, 2.24) is 5.43 Å². The number of rotatable bonds is 5. The number of carbonyl (C=O) groups excluding carboxylic acids is 1. The van der Waals surface area contributed by atoms with E-state index in [0.29, 0.717) is 0 Å². The first-order valence-electron chi connectivity index (χ1n) is 6.73. The molecule has 3 aromatic rings. The van der Waals surface area contributed by atoms with Gasteiger partial charge in [0.1, 0.15) is 0 Å². The SMILES string of the molecule is NNC(=O)c1occc1-c1csc(CNc2ccccc2)c1. The topological polar surface area (TPSA) is 80.3 Å². The van der Waals surface area contributed by atoms with Crippen LogP contribution in [0.1, 0.15) is 15.4 Å². The number of para-hydroxylation sites is 1. The third-order valence-corrected chi connectivity index (χ3v) is 4.14. The van der Waals surface area contributed by atoms with Crippen molar-refractivity contribution in [3.8, 4) is 11.1 Å². The van der Waals surface area contributed by atoms with Gasteiger partial charge in [-0.25, -0.2) is 5.84 Å². The van der Waals surface area contributed by atoms with Gasteiger partial charge in [0.15, 0.2) is 5.76 Å². The minimum absolute atomic E-state index is 0.225. The molecule has 4 N–H and O–H groups in total. The van der Waals surface area contributed by atoms with Gasteiger partial charge in [-0.15, -0.1) is 11.3 Å². The molecule has 0 saturated heterocycles. The van der Waals surface area contributed by atoms with Crippen molar-refractivity contribution < 1.29 is 9.21 Å². The molecule has 0 bridgehead atoms. The molecule has 0 unspecified atom stereocenters. The molecule has 0 atom stereocenters. The second-order valence-electron chi connectivity index (χ2n) is 4.66. The maximum absolute atomic E-state index is 11.6. The zero-order valence-corrected chi connectivity index (χ0v) is 12.5. The Labute approximate surface area is 131 Å². The molecular weight excluding hydrogens is 298 g/mol. The second-order valence-corrected chi connectivity index (χ2v) is 5.65. The number of nitrogens with two attached hydrogens (primary N) is 1. The number of benzene rings is 1. The lowest BCUT2D eigenvalue weighted by molar-refractivity contribution is 0.0927. The van der Waals surface area contributed by atoms with E-state index in [0.717, 1.165) is 23.4 Å². The molecule has 2 heterocycles. The molecule has 1 amide bonds. The molecule has 5 nitrogen and oxygen atoms in total. The number of amides is 1. The number of thiophene rings is 1. The zero-order chi connectivity index (χ0) is 15.4. The molecule has 6 heteroatoms. The van der Waals surface area contributed by atoms with Gasteiger partial charge in [0, 0.05) is 22.7 Å². The predicted octanol–water partition coefficient (Wildman–Crippen LogP) is 3.22. The van der Waals surface area contributed by atoms with Gasteiger partial charge in [-0.05, 0) is 35.2 Å². The number of hydrazine groups is 1. The molecule has 3 rings (SSSR count). The van der Waals surface area contributed by atoms with Crippen molar-refractivity contribution in [2.45, 2.75) is 6.54 Å². The lowest BCUT2D eigenvalue weighted by Crippen LogP contribution is -2.29. The molecule has 112 valence electrons. The Hall–Kier alpha value is -2.57. The normalized spacial score (nSPS) is 10.4. The van der Waals surface area contributed by atoms with Gasteiger partial charge in [-0.3, -0.25) is 10.2 Å². The number of hydrogen-bond donors (Lipinski definition) is 3. The van der Waals surface area contributed by atoms with E-state index in [2.05, 4.69) is 10.7 Å². The Morgan fingerprint density at radius 3 is 2.82 bits per heavy atom. The first kappa shape index (κ1) is 14.4. The van der Waals surface area contributed by atoms with E-state index in [-0.39, 0.29) is 5.76 Å². The van der Waals surface area contributed by atoms with Crippen molar-refractivity contribution >= 4 is 22.9 Å². The summed E-state index contributed by atoms with van der Waals surface area (Å²) < 4.78 is 5.21. The van der Waals surface area contributed by atoms with Gasteiger partial charge < -0.3 is 9.73 Å². The maximum atomic E-state index is 11.6. The number of furan rings is 1. The summed E-state index contributed by atoms with van der Waals surface area (Å²) in [6, 6.07) is 13.8. The third-order valence-electron chi connectivity index (χ3n) is 3.21. The van der Waals surface area contributed by atoms with Crippen LogP contribution in [0.3, 0.4) is 0 Å². The molecule has 2 aromatic heterocycles. The number of anilines is 1. The minimum Gasteiger partial charge on any atom is -0.458 e. The van der Waals surface area contributed by atoms with E-state index in [9.17, 15) is 4.79 Å². The molecule has 0 spiro atoms.